The second-order valence-corrected chi connectivity index (χ2v) is 5.25. The molecule has 0 spiro atoms. The maximum absolute atomic E-state index is 5.89. The molecule has 120 valence electrons. The molecular weight excluding hydrogens is 304 g/mol. The van der Waals surface area contributed by atoms with E-state index in [1.165, 1.54) is 0 Å². The molecule has 0 unspecified atom stereocenters. The molecule has 2 N–H and O–H groups in total. The fourth-order valence-corrected chi connectivity index (χ4v) is 2.50. The van der Waals surface area contributed by atoms with E-state index in [2.05, 4.69) is 30.0 Å². The molecular formula is C17H16N6O. The molecule has 0 saturated heterocycles. The van der Waals surface area contributed by atoms with Crippen LogP contribution in [-0.2, 0) is 6.54 Å². The Morgan fingerprint density at radius 3 is 2.88 bits per heavy atom. The molecule has 0 aromatic carbocycles. The molecule has 0 fully saturated rings. The first-order valence-corrected chi connectivity index (χ1v) is 7.65. The van der Waals surface area contributed by atoms with Gasteiger partial charge in [0.15, 0.2) is 17.3 Å². The van der Waals surface area contributed by atoms with E-state index in [0.717, 1.165) is 41.8 Å². The van der Waals surface area contributed by atoms with Crippen molar-refractivity contribution in [2.75, 3.05) is 11.9 Å². The molecule has 4 aromatic heterocycles. The van der Waals surface area contributed by atoms with E-state index in [-0.39, 0.29) is 0 Å². The Morgan fingerprint density at radius 1 is 1.08 bits per heavy atom. The molecule has 0 radical (unpaired) electrons. The highest BCUT2D eigenvalue weighted by Gasteiger charge is 2.12. The van der Waals surface area contributed by atoms with Gasteiger partial charge in [0.25, 0.3) is 0 Å². The van der Waals surface area contributed by atoms with Crippen LogP contribution in [0.4, 0.5) is 5.69 Å². The van der Waals surface area contributed by atoms with Gasteiger partial charge in [-0.15, -0.1) is 0 Å². The topological polar surface area (TPSA) is 84.6 Å². The summed E-state index contributed by atoms with van der Waals surface area (Å²) < 4.78 is 7.95. The van der Waals surface area contributed by atoms with Gasteiger partial charge in [-0.1, -0.05) is 0 Å². The first-order chi connectivity index (χ1) is 11.9. The number of pyridine rings is 1. The number of hydrogen-bond acceptors (Lipinski definition) is 5. The predicted octanol–water partition coefficient (Wildman–Crippen LogP) is 3.04. The van der Waals surface area contributed by atoms with Gasteiger partial charge in [-0.25, -0.2) is 4.98 Å². The Kier molecular flexibility index (Phi) is 3.81. The van der Waals surface area contributed by atoms with Gasteiger partial charge in [0.2, 0.25) is 0 Å². The van der Waals surface area contributed by atoms with Gasteiger partial charge >= 0.3 is 0 Å². The Labute approximate surface area is 138 Å². The first-order valence-electron chi connectivity index (χ1n) is 7.65. The average molecular weight is 320 g/mol. The fraction of sp³-hybridized carbons (Fsp3) is 0.118. The van der Waals surface area contributed by atoms with E-state index in [0.29, 0.717) is 0 Å². The number of H-pyrrole nitrogens is 1. The van der Waals surface area contributed by atoms with Crippen molar-refractivity contribution < 1.29 is 4.42 Å². The minimum Gasteiger partial charge on any atom is -0.451 e. The summed E-state index contributed by atoms with van der Waals surface area (Å²) in [6, 6.07) is 9.60. The molecule has 7 nitrogen and oxygen atoms in total. The summed E-state index contributed by atoms with van der Waals surface area (Å²) >= 11 is 0. The lowest BCUT2D eigenvalue weighted by Gasteiger charge is -2.08. The number of aromatic nitrogens is 5. The first kappa shape index (κ1) is 14.3. The molecule has 0 bridgehead atoms. The highest BCUT2D eigenvalue weighted by atomic mass is 16.3. The van der Waals surface area contributed by atoms with Crippen LogP contribution in [0.25, 0.3) is 23.0 Å². The van der Waals surface area contributed by atoms with E-state index in [9.17, 15) is 0 Å². The molecule has 24 heavy (non-hydrogen) atoms. The SMILES string of the molecule is c1cncc(NCCn2ccnc2-c2ccc(-c3ccn[nH]3)o2)c1. The minimum absolute atomic E-state index is 0.728. The summed E-state index contributed by atoms with van der Waals surface area (Å²) in [6.07, 6.45) is 8.98. The predicted molar refractivity (Wildman–Crippen MR) is 90.2 cm³/mol. The summed E-state index contributed by atoms with van der Waals surface area (Å²) in [6.45, 7) is 1.54. The molecule has 0 saturated carbocycles. The number of hydrogen-bond donors (Lipinski definition) is 2. The number of nitrogens with one attached hydrogen (secondary N) is 2. The van der Waals surface area contributed by atoms with Crippen LogP contribution in [0.5, 0.6) is 0 Å². The van der Waals surface area contributed by atoms with Crippen LogP contribution in [-0.4, -0.2) is 31.3 Å². The molecule has 4 rings (SSSR count). The lowest BCUT2D eigenvalue weighted by atomic mass is 10.3. The zero-order chi connectivity index (χ0) is 16.2. The van der Waals surface area contributed by atoms with Crippen molar-refractivity contribution in [3.05, 3.63) is 61.3 Å². The summed E-state index contributed by atoms with van der Waals surface area (Å²) in [5, 5.41) is 10.2. The van der Waals surface area contributed by atoms with Crippen LogP contribution in [0.1, 0.15) is 0 Å². The van der Waals surface area contributed by atoms with E-state index >= 15 is 0 Å². The van der Waals surface area contributed by atoms with Crippen molar-refractivity contribution in [2.45, 2.75) is 6.54 Å². The highest BCUT2D eigenvalue weighted by molar-refractivity contribution is 5.58. The Morgan fingerprint density at radius 2 is 2.04 bits per heavy atom. The maximum atomic E-state index is 5.89. The molecule has 0 aliphatic heterocycles. The summed E-state index contributed by atoms with van der Waals surface area (Å²) in [5.41, 5.74) is 1.84. The normalized spacial score (nSPS) is 10.8. The third-order valence-corrected chi connectivity index (χ3v) is 3.65. The van der Waals surface area contributed by atoms with Crippen LogP contribution in [0, 0.1) is 0 Å². The standard InChI is InChI=1S/C17H16N6O/c1-2-13(12-18-6-1)19-8-10-23-11-9-20-17(23)16-4-3-15(24-16)14-5-7-21-22-14/h1-7,9,11-12,19H,8,10H2,(H,21,22). The van der Waals surface area contributed by atoms with Crippen LogP contribution >= 0.6 is 0 Å². The van der Waals surface area contributed by atoms with Crippen LogP contribution in [0.2, 0.25) is 0 Å². The Hall–Kier alpha value is -3.35. The fourth-order valence-electron chi connectivity index (χ4n) is 2.50. The molecule has 0 amide bonds. The summed E-state index contributed by atoms with van der Waals surface area (Å²) in [5.74, 6) is 2.27. The van der Waals surface area contributed by atoms with Crippen molar-refractivity contribution in [1.82, 2.24) is 24.7 Å². The van der Waals surface area contributed by atoms with Gasteiger partial charge in [0.1, 0.15) is 5.69 Å². The summed E-state index contributed by atoms with van der Waals surface area (Å²) in [7, 11) is 0. The van der Waals surface area contributed by atoms with E-state index in [4.69, 9.17) is 4.42 Å². The van der Waals surface area contributed by atoms with Crippen LogP contribution < -0.4 is 5.32 Å². The van der Waals surface area contributed by atoms with Crippen LogP contribution in [0.15, 0.2) is 65.7 Å². The molecule has 4 heterocycles. The monoisotopic (exact) mass is 320 g/mol. The van der Waals surface area contributed by atoms with Gasteiger partial charge in [-0.2, -0.15) is 5.10 Å². The Bertz CT molecular complexity index is 894. The third kappa shape index (κ3) is 2.91. The largest absolute Gasteiger partial charge is 0.451 e. The van der Waals surface area contributed by atoms with Gasteiger partial charge < -0.3 is 14.3 Å². The summed E-state index contributed by atoms with van der Waals surface area (Å²) in [4.78, 5) is 8.50. The third-order valence-electron chi connectivity index (χ3n) is 3.65. The van der Waals surface area contributed by atoms with Gasteiger partial charge in [-0.05, 0) is 30.3 Å². The van der Waals surface area contributed by atoms with E-state index < -0.39 is 0 Å². The zero-order valence-corrected chi connectivity index (χ0v) is 12.9. The van der Waals surface area contributed by atoms with Crippen molar-refractivity contribution in [3.63, 3.8) is 0 Å². The number of furan rings is 1. The average Bonchev–Trinajstić information content (AvgIpc) is 3.36. The van der Waals surface area contributed by atoms with Crippen molar-refractivity contribution >= 4 is 5.69 Å². The van der Waals surface area contributed by atoms with Gasteiger partial charge in [0.05, 0.1) is 5.69 Å². The zero-order valence-electron chi connectivity index (χ0n) is 12.9. The van der Waals surface area contributed by atoms with E-state index in [1.807, 2.05) is 36.5 Å². The second-order valence-electron chi connectivity index (χ2n) is 5.25. The quantitative estimate of drug-likeness (QED) is 0.570. The van der Waals surface area contributed by atoms with Crippen molar-refractivity contribution in [3.8, 4) is 23.0 Å². The molecule has 0 aliphatic rings. The number of anilines is 1. The molecule has 0 aliphatic carbocycles. The van der Waals surface area contributed by atoms with Crippen molar-refractivity contribution in [1.29, 1.82) is 0 Å². The van der Waals surface area contributed by atoms with Gasteiger partial charge in [0, 0.05) is 44.1 Å². The van der Waals surface area contributed by atoms with Gasteiger partial charge in [-0.3, -0.25) is 10.1 Å². The smallest absolute Gasteiger partial charge is 0.176 e. The number of aromatic amines is 1. The number of rotatable bonds is 6. The number of imidazole rings is 1. The van der Waals surface area contributed by atoms with Crippen molar-refractivity contribution in [2.24, 2.45) is 0 Å². The molecule has 0 atom stereocenters. The molecule has 7 heteroatoms. The Balaban J connectivity index is 1.46. The number of nitrogens with zero attached hydrogens (tertiary/aromatic N) is 4. The lowest BCUT2D eigenvalue weighted by Crippen LogP contribution is -2.10. The van der Waals surface area contributed by atoms with E-state index in [1.54, 1.807) is 24.8 Å². The lowest BCUT2D eigenvalue weighted by molar-refractivity contribution is 0.581. The second kappa shape index (κ2) is 6.41. The van der Waals surface area contributed by atoms with Crippen LogP contribution in [0.3, 0.4) is 0 Å². The highest BCUT2D eigenvalue weighted by Crippen LogP contribution is 2.26. The molecule has 4 aromatic rings. The maximum Gasteiger partial charge on any atom is 0.176 e. The minimum atomic E-state index is 0.728.